The molecule has 1 aromatic heterocycles. The lowest BCUT2D eigenvalue weighted by atomic mass is 10.0. The number of rotatable bonds is 3. The fourth-order valence-electron chi connectivity index (χ4n) is 2.44. The second-order valence-electron chi connectivity index (χ2n) is 5.12. The van der Waals surface area contributed by atoms with Gasteiger partial charge >= 0.3 is 0 Å². The Morgan fingerprint density at radius 1 is 1.10 bits per heavy atom. The zero-order valence-electron chi connectivity index (χ0n) is 12.3. The van der Waals surface area contributed by atoms with Crippen LogP contribution in [0.5, 0.6) is 5.75 Å². The highest BCUT2D eigenvalue weighted by atomic mass is 16.5. The summed E-state index contributed by atoms with van der Waals surface area (Å²) in [6.45, 7) is 3.91. The molecular formula is C18H16O3. The van der Waals surface area contributed by atoms with Crippen LogP contribution in [0, 0.1) is 13.8 Å². The molecule has 0 aliphatic carbocycles. The van der Waals surface area contributed by atoms with E-state index in [1.807, 2.05) is 38.1 Å². The molecule has 106 valence electrons. The first-order chi connectivity index (χ1) is 10.1. The van der Waals surface area contributed by atoms with Crippen molar-refractivity contribution >= 4 is 16.8 Å². The van der Waals surface area contributed by atoms with Gasteiger partial charge in [0.15, 0.2) is 5.76 Å². The molecule has 0 atom stereocenters. The van der Waals surface area contributed by atoms with Crippen LogP contribution >= 0.6 is 0 Å². The summed E-state index contributed by atoms with van der Waals surface area (Å²) in [5.41, 5.74) is 3.29. The van der Waals surface area contributed by atoms with Crippen molar-refractivity contribution in [1.82, 2.24) is 0 Å². The number of aryl methyl sites for hydroxylation is 2. The molecule has 2 aromatic carbocycles. The SMILES string of the molecule is COc1cccc(C(=O)c2oc3cc(C)ccc3c2C)c1. The first kappa shape index (κ1) is 13.4. The van der Waals surface area contributed by atoms with Crippen molar-refractivity contribution in [2.45, 2.75) is 13.8 Å². The minimum absolute atomic E-state index is 0.125. The zero-order valence-corrected chi connectivity index (χ0v) is 12.3. The normalized spacial score (nSPS) is 10.8. The molecule has 0 saturated carbocycles. The molecule has 0 amide bonds. The molecule has 0 unspecified atom stereocenters. The van der Waals surface area contributed by atoms with Crippen molar-refractivity contribution in [3.8, 4) is 5.75 Å². The van der Waals surface area contributed by atoms with Crippen LogP contribution in [0.4, 0.5) is 0 Å². The summed E-state index contributed by atoms with van der Waals surface area (Å²) < 4.78 is 10.9. The number of carbonyl (C=O) groups excluding carboxylic acids is 1. The lowest BCUT2D eigenvalue weighted by molar-refractivity contribution is 0.101. The predicted molar refractivity (Wildman–Crippen MR) is 82.1 cm³/mol. The van der Waals surface area contributed by atoms with Crippen LogP contribution < -0.4 is 4.74 Å². The second kappa shape index (κ2) is 5.09. The van der Waals surface area contributed by atoms with Gasteiger partial charge in [-0.2, -0.15) is 0 Å². The smallest absolute Gasteiger partial charge is 0.228 e. The van der Waals surface area contributed by atoms with Crippen LogP contribution in [0.2, 0.25) is 0 Å². The van der Waals surface area contributed by atoms with Gasteiger partial charge in [-0.25, -0.2) is 0 Å². The van der Waals surface area contributed by atoms with Crippen LogP contribution in [0.3, 0.4) is 0 Å². The maximum absolute atomic E-state index is 12.6. The first-order valence-electron chi connectivity index (χ1n) is 6.78. The predicted octanol–water partition coefficient (Wildman–Crippen LogP) is 4.29. The van der Waals surface area contributed by atoms with Crippen LogP contribution in [0.15, 0.2) is 46.9 Å². The van der Waals surface area contributed by atoms with Crippen molar-refractivity contribution in [1.29, 1.82) is 0 Å². The fraction of sp³-hybridized carbons (Fsp3) is 0.167. The molecule has 3 rings (SSSR count). The van der Waals surface area contributed by atoms with Gasteiger partial charge < -0.3 is 9.15 Å². The van der Waals surface area contributed by atoms with Crippen molar-refractivity contribution < 1.29 is 13.9 Å². The Balaban J connectivity index is 2.11. The Hall–Kier alpha value is -2.55. The largest absolute Gasteiger partial charge is 0.497 e. The zero-order chi connectivity index (χ0) is 15.0. The third-order valence-electron chi connectivity index (χ3n) is 3.63. The van der Waals surface area contributed by atoms with E-state index in [0.29, 0.717) is 17.1 Å². The van der Waals surface area contributed by atoms with Gasteiger partial charge in [0.1, 0.15) is 11.3 Å². The van der Waals surface area contributed by atoms with E-state index in [9.17, 15) is 4.79 Å². The summed E-state index contributed by atoms with van der Waals surface area (Å²) in [4.78, 5) is 12.6. The average molecular weight is 280 g/mol. The molecule has 0 N–H and O–H groups in total. The maximum atomic E-state index is 12.6. The number of fused-ring (bicyclic) bond motifs is 1. The summed E-state index contributed by atoms with van der Waals surface area (Å²) in [7, 11) is 1.58. The molecule has 3 heteroatoms. The van der Waals surface area contributed by atoms with Gasteiger partial charge in [0.25, 0.3) is 0 Å². The van der Waals surface area contributed by atoms with Gasteiger partial charge in [0.2, 0.25) is 5.78 Å². The summed E-state index contributed by atoms with van der Waals surface area (Å²) in [5.74, 6) is 0.926. The lowest BCUT2D eigenvalue weighted by Gasteiger charge is -2.02. The van der Waals surface area contributed by atoms with Crippen LogP contribution in [0.25, 0.3) is 11.0 Å². The molecule has 0 aliphatic heterocycles. The van der Waals surface area contributed by atoms with E-state index in [4.69, 9.17) is 9.15 Å². The number of benzene rings is 2. The standard InChI is InChI=1S/C18H16O3/c1-11-7-8-15-12(2)18(21-16(15)9-11)17(19)13-5-4-6-14(10-13)20-3/h4-10H,1-3H3. The molecule has 0 radical (unpaired) electrons. The number of methoxy groups -OCH3 is 1. The molecule has 3 aromatic rings. The van der Waals surface area contributed by atoms with Gasteiger partial charge in [-0.15, -0.1) is 0 Å². The molecule has 3 nitrogen and oxygen atoms in total. The van der Waals surface area contributed by atoms with E-state index in [1.165, 1.54) is 0 Å². The second-order valence-corrected chi connectivity index (χ2v) is 5.12. The van der Waals surface area contributed by atoms with E-state index in [2.05, 4.69) is 0 Å². The lowest BCUT2D eigenvalue weighted by Crippen LogP contribution is -2.01. The Morgan fingerprint density at radius 2 is 1.90 bits per heavy atom. The monoisotopic (exact) mass is 280 g/mol. The van der Waals surface area contributed by atoms with Crippen molar-refractivity contribution in [2.24, 2.45) is 0 Å². The number of ketones is 1. The molecule has 0 fully saturated rings. The van der Waals surface area contributed by atoms with Crippen molar-refractivity contribution in [2.75, 3.05) is 7.11 Å². The van der Waals surface area contributed by atoms with Gasteiger partial charge in [-0.3, -0.25) is 4.79 Å². The van der Waals surface area contributed by atoms with E-state index in [0.717, 1.165) is 22.1 Å². The summed E-state index contributed by atoms with van der Waals surface area (Å²) in [5, 5.41) is 0.979. The summed E-state index contributed by atoms with van der Waals surface area (Å²) in [6.07, 6.45) is 0. The van der Waals surface area contributed by atoms with Gasteiger partial charge in [-0.05, 0) is 37.6 Å². The van der Waals surface area contributed by atoms with E-state index in [-0.39, 0.29) is 5.78 Å². The van der Waals surface area contributed by atoms with Gasteiger partial charge in [-0.1, -0.05) is 24.3 Å². The third-order valence-corrected chi connectivity index (χ3v) is 3.63. The maximum Gasteiger partial charge on any atom is 0.228 e. The molecule has 21 heavy (non-hydrogen) atoms. The fourth-order valence-corrected chi connectivity index (χ4v) is 2.44. The highest BCUT2D eigenvalue weighted by Crippen LogP contribution is 2.28. The van der Waals surface area contributed by atoms with Gasteiger partial charge in [0, 0.05) is 16.5 Å². The minimum atomic E-state index is -0.125. The summed E-state index contributed by atoms with van der Waals surface area (Å²) in [6, 6.07) is 13.1. The third kappa shape index (κ3) is 2.31. The first-order valence-corrected chi connectivity index (χ1v) is 6.78. The summed E-state index contributed by atoms with van der Waals surface area (Å²) >= 11 is 0. The van der Waals surface area contributed by atoms with E-state index < -0.39 is 0 Å². The molecule has 0 saturated heterocycles. The topological polar surface area (TPSA) is 39.4 Å². The molecular weight excluding hydrogens is 264 g/mol. The van der Waals surface area contributed by atoms with Gasteiger partial charge in [0.05, 0.1) is 7.11 Å². The number of ether oxygens (including phenoxy) is 1. The minimum Gasteiger partial charge on any atom is -0.497 e. The Labute approximate surface area is 123 Å². The Morgan fingerprint density at radius 3 is 2.67 bits per heavy atom. The quantitative estimate of drug-likeness (QED) is 0.672. The number of furan rings is 1. The molecule has 0 spiro atoms. The Bertz CT molecular complexity index is 828. The number of carbonyl (C=O) groups is 1. The van der Waals surface area contributed by atoms with E-state index in [1.54, 1.807) is 25.3 Å². The number of hydrogen-bond acceptors (Lipinski definition) is 3. The van der Waals surface area contributed by atoms with E-state index >= 15 is 0 Å². The van der Waals surface area contributed by atoms with Crippen molar-refractivity contribution in [3.05, 3.63) is 64.9 Å². The van der Waals surface area contributed by atoms with Crippen LogP contribution in [0.1, 0.15) is 27.2 Å². The van der Waals surface area contributed by atoms with Crippen molar-refractivity contribution in [3.63, 3.8) is 0 Å². The number of hydrogen-bond donors (Lipinski definition) is 0. The average Bonchev–Trinajstić information content (AvgIpc) is 2.83. The van der Waals surface area contributed by atoms with Crippen LogP contribution in [-0.4, -0.2) is 12.9 Å². The highest BCUT2D eigenvalue weighted by molar-refractivity contribution is 6.10. The molecule has 1 heterocycles. The highest BCUT2D eigenvalue weighted by Gasteiger charge is 2.19. The van der Waals surface area contributed by atoms with Crippen LogP contribution in [-0.2, 0) is 0 Å². The molecule has 0 bridgehead atoms. The molecule has 0 aliphatic rings. The Kier molecular flexibility index (Phi) is 3.26.